The molecule has 0 aliphatic rings. The Balaban J connectivity index is 3.39. The SMILES string of the molecule is CC(=C(O[Si](C)(C)C(C)(C)C)O[Si](C)(C)C(C)(C)C)c1ccccc1. The largest absolute Gasteiger partial charge is 0.520 e. The normalized spacial score (nSPS) is 13.4. The molecule has 0 spiro atoms. The molecule has 0 saturated heterocycles. The van der Waals surface area contributed by atoms with Gasteiger partial charge in [-0.3, -0.25) is 0 Å². The quantitative estimate of drug-likeness (QED) is 0.392. The van der Waals surface area contributed by atoms with Crippen molar-refractivity contribution in [2.75, 3.05) is 0 Å². The molecular weight excluding hydrogens is 340 g/mol. The fourth-order valence-corrected chi connectivity index (χ4v) is 3.76. The van der Waals surface area contributed by atoms with E-state index in [4.69, 9.17) is 8.85 Å². The first-order valence-electron chi connectivity index (χ1n) is 9.23. The van der Waals surface area contributed by atoms with E-state index in [1.54, 1.807) is 0 Å². The monoisotopic (exact) mass is 378 g/mol. The molecule has 2 nitrogen and oxygen atoms in total. The van der Waals surface area contributed by atoms with Gasteiger partial charge in [-0.1, -0.05) is 71.9 Å². The summed E-state index contributed by atoms with van der Waals surface area (Å²) in [5, 5.41) is 0.262. The summed E-state index contributed by atoms with van der Waals surface area (Å²) >= 11 is 0. The van der Waals surface area contributed by atoms with Gasteiger partial charge in [0.15, 0.2) is 0 Å². The minimum absolute atomic E-state index is 0.131. The number of hydrogen-bond donors (Lipinski definition) is 0. The van der Waals surface area contributed by atoms with Crippen molar-refractivity contribution in [1.82, 2.24) is 0 Å². The molecule has 0 saturated carbocycles. The number of rotatable bonds is 5. The molecule has 0 fully saturated rings. The Bertz CT molecular complexity index is 573. The second-order valence-electron chi connectivity index (χ2n) is 10.0. The molecule has 4 heteroatoms. The Labute approximate surface area is 157 Å². The Hall–Kier alpha value is -1.01. The molecule has 0 N–H and O–H groups in total. The third kappa shape index (κ3) is 5.48. The summed E-state index contributed by atoms with van der Waals surface area (Å²) in [4.78, 5) is 0. The summed E-state index contributed by atoms with van der Waals surface area (Å²) in [7, 11) is -3.97. The topological polar surface area (TPSA) is 18.5 Å². The molecule has 0 atom stereocenters. The van der Waals surface area contributed by atoms with Gasteiger partial charge in [-0.15, -0.1) is 0 Å². The van der Waals surface area contributed by atoms with Gasteiger partial charge in [0.2, 0.25) is 0 Å². The van der Waals surface area contributed by atoms with Crippen molar-refractivity contribution < 1.29 is 8.85 Å². The van der Waals surface area contributed by atoms with Crippen molar-refractivity contribution in [3.05, 3.63) is 41.8 Å². The van der Waals surface area contributed by atoms with Crippen molar-refractivity contribution in [2.24, 2.45) is 0 Å². The zero-order valence-electron chi connectivity index (χ0n) is 18.2. The highest BCUT2D eigenvalue weighted by Gasteiger charge is 2.44. The fourth-order valence-electron chi connectivity index (χ4n) is 1.75. The van der Waals surface area contributed by atoms with Crippen molar-refractivity contribution in [3.8, 4) is 0 Å². The van der Waals surface area contributed by atoms with E-state index in [0.29, 0.717) is 0 Å². The van der Waals surface area contributed by atoms with Gasteiger partial charge in [0.25, 0.3) is 22.6 Å². The number of hydrogen-bond acceptors (Lipinski definition) is 2. The van der Waals surface area contributed by atoms with Crippen molar-refractivity contribution in [3.63, 3.8) is 0 Å². The summed E-state index contributed by atoms with van der Waals surface area (Å²) in [6.07, 6.45) is 0. The van der Waals surface area contributed by atoms with Crippen LogP contribution in [-0.4, -0.2) is 16.6 Å². The highest BCUT2D eigenvalue weighted by atomic mass is 28.4. The molecule has 1 aromatic rings. The molecule has 0 unspecified atom stereocenters. The lowest BCUT2D eigenvalue weighted by Crippen LogP contribution is -2.45. The average Bonchev–Trinajstić information content (AvgIpc) is 2.43. The van der Waals surface area contributed by atoms with Crippen LogP contribution in [0.2, 0.25) is 36.3 Å². The molecule has 0 aliphatic heterocycles. The van der Waals surface area contributed by atoms with Crippen LogP contribution in [0.4, 0.5) is 0 Å². The maximum absolute atomic E-state index is 6.68. The molecule has 0 amide bonds. The molecule has 0 heterocycles. The summed E-state index contributed by atoms with van der Waals surface area (Å²) in [6.45, 7) is 24.8. The van der Waals surface area contributed by atoms with Crippen LogP contribution in [0.5, 0.6) is 0 Å². The summed E-state index contributed by atoms with van der Waals surface area (Å²) in [5.41, 5.74) is 2.25. The Kier molecular flexibility index (Phi) is 6.45. The van der Waals surface area contributed by atoms with Crippen LogP contribution in [0.15, 0.2) is 36.3 Å². The van der Waals surface area contributed by atoms with Gasteiger partial charge in [-0.05, 0) is 48.8 Å². The molecule has 1 rings (SSSR count). The molecule has 1 aromatic carbocycles. The summed E-state index contributed by atoms with van der Waals surface area (Å²) in [6, 6.07) is 10.4. The zero-order chi connectivity index (χ0) is 19.7. The van der Waals surface area contributed by atoms with Crippen molar-refractivity contribution in [2.45, 2.75) is 84.7 Å². The third-order valence-corrected chi connectivity index (χ3v) is 14.4. The molecule has 25 heavy (non-hydrogen) atoms. The van der Waals surface area contributed by atoms with Crippen LogP contribution >= 0.6 is 0 Å². The van der Waals surface area contributed by atoms with Crippen LogP contribution in [0.3, 0.4) is 0 Å². The highest BCUT2D eigenvalue weighted by molar-refractivity contribution is 6.75. The van der Waals surface area contributed by atoms with Crippen molar-refractivity contribution in [1.29, 1.82) is 0 Å². The van der Waals surface area contributed by atoms with E-state index in [1.807, 2.05) is 6.07 Å². The first kappa shape index (κ1) is 22.0. The van der Waals surface area contributed by atoms with E-state index < -0.39 is 16.6 Å². The maximum Gasteiger partial charge on any atom is 0.255 e. The third-order valence-electron chi connectivity index (χ3n) is 5.82. The lowest BCUT2D eigenvalue weighted by molar-refractivity contribution is 0.199. The minimum Gasteiger partial charge on any atom is -0.520 e. The molecule has 0 aromatic heterocycles. The summed E-state index contributed by atoms with van der Waals surface area (Å²) in [5.74, 6) is 0.740. The van der Waals surface area contributed by atoms with Crippen LogP contribution in [0, 0.1) is 0 Å². The Morgan fingerprint density at radius 2 is 1.08 bits per heavy atom. The van der Waals surface area contributed by atoms with Gasteiger partial charge >= 0.3 is 0 Å². The highest BCUT2D eigenvalue weighted by Crippen LogP contribution is 2.43. The lowest BCUT2D eigenvalue weighted by Gasteiger charge is -2.42. The fraction of sp³-hybridized carbons (Fsp3) is 0.619. The average molecular weight is 379 g/mol. The molecule has 0 bridgehead atoms. The predicted molar refractivity (Wildman–Crippen MR) is 116 cm³/mol. The predicted octanol–water partition coefficient (Wildman–Crippen LogP) is 7.42. The minimum atomic E-state index is -1.98. The number of allylic oxidation sites excluding steroid dienone is 1. The van der Waals surface area contributed by atoms with E-state index in [2.05, 4.69) is 98.9 Å². The van der Waals surface area contributed by atoms with Gasteiger partial charge in [0.1, 0.15) is 0 Å². The van der Waals surface area contributed by atoms with E-state index in [0.717, 1.165) is 17.1 Å². The zero-order valence-corrected chi connectivity index (χ0v) is 20.2. The van der Waals surface area contributed by atoms with E-state index in [9.17, 15) is 0 Å². The summed E-state index contributed by atoms with van der Waals surface area (Å²) < 4.78 is 13.4. The van der Waals surface area contributed by atoms with Crippen LogP contribution < -0.4 is 0 Å². The van der Waals surface area contributed by atoms with Crippen LogP contribution in [0.25, 0.3) is 5.57 Å². The van der Waals surface area contributed by atoms with Crippen molar-refractivity contribution >= 4 is 22.2 Å². The second-order valence-corrected chi connectivity index (χ2v) is 19.5. The lowest BCUT2D eigenvalue weighted by atomic mass is 10.1. The molecular formula is C21H38O2Si2. The smallest absolute Gasteiger partial charge is 0.255 e. The van der Waals surface area contributed by atoms with Gasteiger partial charge in [0, 0.05) is 5.57 Å². The van der Waals surface area contributed by atoms with Crippen LogP contribution in [0.1, 0.15) is 54.0 Å². The van der Waals surface area contributed by atoms with Crippen LogP contribution in [-0.2, 0) is 8.85 Å². The van der Waals surface area contributed by atoms with Gasteiger partial charge in [0.05, 0.1) is 0 Å². The second kappa shape index (κ2) is 7.32. The molecule has 0 aliphatic carbocycles. The van der Waals surface area contributed by atoms with E-state index in [1.165, 1.54) is 0 Å². The van der Waals surface area contributed by atoms with E-state index in [-0.39, 0.29) is 10.1 Å². The van der Waals surface area contributed by atoms with Gasteiger partial charge in [-0.2, -0.15) is 0 Å². The Morgan fingerprint density at radius 3 is 1.40 bits per heavy atom. The molecule has 142 valence electrons. The first-order chi connectivity index (χ1) is 11.1. The number of benzene rings is 1. The molecule has 0 radical (unpaired) electrons. The van der Waals surface area contributed by atoms with Gasteiger partial charge in [-0.25, -0.2) is 0 Å². The van der Waals surface area contributed by atoms with E-state index >= 15 is 0 Å². The van der Waals surface area contributed by atoms with Gasteiger partial charge < -0.3 is 8.85 Å². The Morgan fingerprint density at radius 1 is 0.720 bits per heavy atom. The maximum atomic E-state index is 6.68. The standard InChI is InChI=1S/C21H38O2Si2/c1-17(18-15-13-12-14-16-18)19(22-24(8,9)20(2,3)4)23-25(10,11)21(5,6)7/h12-16H,1-11H3. The first-order valence-corrected chi connectivity index (χ1v) is 15.0.